The predicted molar refractivity (Wildman–Crippen MR) is 68.0 cm³/mol. The quantitative estimate of drug-likeness (QED) is 0.734. The molecular weight excluding hydrogens is 214 g/mol. The molecule has 1 saturated carbocycles. The van der Waals surface area contributed by atoms with Crippen LogP contribution in [0.5, 0.6) is 0 Å². The minimum atomic E-state index is -0.0626. The van der Waals surface area contributed by atoms with Crippen molar-refractivity contribution in [3.8, 4) is 0 Å². The Bertz CT molecular complexity index is 270. The molecule has 0 radical (unpaired) electrons. The molecule has 3 fully saturated rings. The molecule has 0 aromatic heterocycles. The van der Waals surface area contributed by atoms with Crippen molar-refractivity contribution in [2.24, 2.45) is 0 Å². The Morgan fingerprint density at radius 3 is 2.65 bits per heavy atom. The van der Waals surface area contributed by atoms with Gasteiger partial charge >= 0.3 is 0 Å². The Kier molecular flexibility index (Phi) is 3.15. The lowest BCUT2D eigenvalue weighted by Gasteiger charge is -2.46. The maximum absolute atomic E-state index is 5.78. The molecule has 3 unspecified atom stereocenters. The Morgan fingerprint density at radius 1 is 1.35 bits per heavy atom. The molecular formula is C13H25N3O. The fourth-order valence-corrected chi connectivity index (χ4v) is 3.31. The van der Waals surface area contributed by atoms with Crippen LogP contribution < -0.4 is 10.6 Å². The number of nitrogens with zero attached hydrogens (tertiary/aromatic N) is 1. The Hall–Kier alpha value is -0.160. The Balaban J connectivity index is 1.50. The number of nitrogens with one attached hydrogen (secondary N) is 2. The van der Waals surface area contributed by atoms with E-state index in [1.165, 1.54) is 32.2 Å². The molecule has 4 nitrogen and oxygen atoms in total. The molecule has 4 heteroatoms. The summed E-state index contributed by atoms with van der Waals surface area (Å²) < 4.78 is 5.78. The summed E-state index contributed by atoms with van der Waals surface area (Å²) >= 11 is 0. The van der Waals surface area contributed by atoms with E-state index in [-0.39, 0.29) is 5.72 Å². The zero-order chi connectivity index (χ0) is 11.9. The van der Waals surface area contributed by atoms with Gasteiger partial charge in [0, 0.05) is 25.0 Å². The molecule has 98 valence electrons. The van der Waals surface area contributed by atoms with Crippen LogP contribution in [0.2, 0.25) is 0 Å². The van der Waals surface area contributed by atoms with Gasteiger partial charge in [0.05, 0.1) is 12.6 Å². The van der Waals surface area contributed by atoms with Crippen molar-refractivity contribution in [2.75, 3.05) is 27.2 Å². The van der Waals surface area contributed by atoms with Gasteiger partial charge in [-0.2, -0.15) is 0 Å². The van der Waals surface area contributed by atoms with Gasteiger partial charge in [-0.15, -0.1) is 0 Å². The summed E-state index contributed by atoms with van der Waals surface area (Å²) in [6.45, 7) is 2.10. The molecule has 2 aliphatic heterocycles. The molecule has 2 saturated heterocycles. The third-order valence-corrected chi connectivity index (χ3v) is 4.74. The molecule has 0 aromatic rings. The maximum Gasteiger partial charge on any atom is 0.136 e. The number of ether oxygens (including phenoxy) is 1. The second kappa shape index (κ2) is 4.50. The van der Waals surface area contributed by atoms with Crippen LogP contribution in [0.4, 0.5) is 0 Å². The summed E-state index contributed by atoms with van der Waals surface area (Å²) in [6, 6.07) is 2.02. The highest BCUT2D eigenvalue weighted by atomic mass is 16.5. The summed E-state index contributed by atoms with van der Waals surface area (Å²) in [4.78, 5) is 2.52. The molecule has 2 heterocycles. The zero-order valence-electron chi connectivity index (χ0n) is 11.0. The SMILES string of the molecule is CNC1(C2CCC(CN(C)C3CC3)N2)CCO1. The van der Waals surface area contributed by atoms with Crippen LogP contribution in [-0.4, -0.2) is 56.0 Å². The van der Waals surface area contributed by atoms with Crippen LogP contribution in [0.1, 0.15) is 32.1 Å². The van der Waals surface area contributed by atoms with E-state index in [0.717, 1.165) is 19.1 Å². The zero-order valence-corrected chi connectivity index (χ0v) is 11.0. The highest BCUT2D eigenvalue weighted by Gasteiger charge is 2.47. The van der Waals surface area contributed by atoms with Crippen molar-refractivity contribution in [2.45, 2.75) is 56.0 Å². The average Bonchev–Trinajstić information content (AvgIpc) is 3.01. The number of hydrogen-bond acceptors (Lipinski definition) is 4. The summed E-state index contributed by atoms with van der Waals surface area (Å²) in [6.07, 6.45) is 6.47. The normalized spacial score (nSPS) is 41.8. The fourth-order valence-electron chi connectivity index (χ4n) is 3.31. The molecule has 1 aliphatic carbocycles. The van der Waals surface area contributed by atoms with Crippen LogP contribution in [-0.2, 0) is 4.74 Å². The minimum absolute atomic E-state index is 0.0626. The van der Waals surface area contributed by atoms with E-state index >= 15 is 0 Å². The second-order valence-corrected chi connectivity index (χ2v) is 5.90. The van der Waals surface area contributed by atoms with Crippen molar-refractivity contribution in [1.29, 1.82) is 0 Å². The van der Waals surface area contributed by atoms with Gasteiger partial charge < -0.3 is 15.0 Å². The van der Waals surface area contributed by atoms with Crippen molar-refractivity contribution in [3.05, 3.63) is 0 Å². The predicted octanol–water partition coefficient (Wildman–Crippen LogP) is 0.537. The summed E-state index contributed by atoms with van der Waals surface area (Å²) in [5, 5.41) is 7.14. The first-order valence-corrected chi connectivity index (χ1v) is 7.03. The van der Waals surface area contributed by atoms with Crippen LogP contribution in [0, 0.1) is 0 Å². The molecule has 3 atom stereocenters. The third kappa shape index (κ3) is 2.24. The fraction of sp³-hybridized carbons (Fsp3) is 1.00. The first kappa shape index (κ1) is 11.9. The smallest absolute Gasteiger partial charge is 0.136 e. The van der Waals surface area contributed by atoms with E-state index < -0.39 is 0 Å². The molecule has 0 bridgehead atoms. The largest absolute Gasteiger partial charge is 0.359 e. The van der Waals surface area contributed by atoms with Gasteiger partial charge in [0.25, 0.3) is 0 Å². The van der Waals surface area contributed by atoms with Gasteiger partial charge in [-0.1, -0.05) is 0 Å². The van der Waals surface area contributed by atoms with Crippen LogP contribution >= 0.6 is 0 Å². The summed E-state index contributed by atoms with van der Waals surface area (Å²) in [7, 11) is 4.28. The van der Waals surface area contributed by atoms with E-state index in [0.29, 0.717) is 12.1 Å². The van der Waals surface area contributed by atoms with Crippen molar-refractivity contribution in [3.63, 3.8) is 0 Å². The van der Waals surface area contributed by atoms with Gasteiger partial charge in [0.15, 0.2) is 0 Å². The topological polar surface area (TPSA) is 36.5 Å². The van der Waals surface area contributed by atoms with Gasteiger partial charge in [0.1, 0.15) is 5.72 Å². The molecule has 3 aliphatic rings. The highest BCUT2D eigenvalue weighted by molar-refractivity contribution is 5.01. The van der Waals surface area contributed by atoms with Crippen molar-refractivity contribution >= 4 is 0 Å². The molecule has 3 rings (SSSR count). The van der Waals surface area contributed by atoms with E-state index in [4.69, 9.17) is 4.74 Å². The Morgan fingerprint density at radius 2 is 2.12 bits per heavy atom. The van der Waals surface area contributed by atoms with Crippen molar-refractivity contribution < 1.29 is 4.74 Å². The van der Waals surface area contributed by atoms with Gasteiger partial charge in [-0.3, -0.25) is 5.32 Å². The standard InChI is InChI=1S/C13H25N3O/c1-14-13(7-8-17-13)12-6-3-10(15-12)9-16(2)11-4-5-11/h10-12,14-15H,3-9H2,1-2H3. The van der Waals surface area contributed by atoms with E-state index in [1.807, 2.05) is 7.05 Å². The van der Waals surface area contributed by atoms with E-state index in [2.05, 4.69) is 22.6 Å². The summed E-state index contributed by atoms with van der Waals surface area (Å²) in [5.41, 5.74) is -0.0626. The third-order valence-electron chi connectivity index (χ3n) is 4.74. The van der Waals surface area contributed by atoms with E-state index in [1.54, 1.807) is 0 Å². The monoisotopic (exact) mass is 239 g/mol. The minimum Gasteiger partial charge on any atom is -0.359 e. The number of rotatable bonds is 5. The lowest BCUT2D eigenvalue weighted by molar-refractivity contribution is -0.181. The molecule has 0 spiro atoms. The second-order valence-electron chi connectivity index (χ2n) is 5.90. The van der Waals surface area contributed by atoms with Crippen LogP contribution in [0.3, 0.4) is 0 Å². The molecule has 0 aromatic carbocycles. The molecule has 0 amide bonds. The lowest BCUT2D eigenvalue weighted by Crippen LogP contribution is -2.65. The maximum atomic E-state index is 5.78. The van der Waals surface area contributed by atoms with Gasteiger partial charge in [0.2, 0.25) is 0 Å². The van der Waals surface area contributed by atoms with Crippen molar-refractivity contribution in [1.82, 2.24) is 15.5 Å². The van der Waals surface area contributed by atoms with Crippen LogP contribution in [0.15, 0.2) is 0 Å². The van der Waals surface area contributed by atoms with Crippen LogP contribution in [0.25, 0.3) is 0 Å². The number of hydrogen-bond donors (Lipinski definition) is 2. The molecule has 2 N–H and O–H groups in total. The Labute approximate surface area is 104 Å². The number of likely N-dealkylation sites (N-methyl/N-ethyl adjacent to an activating group) is 2. The van der Waals surface area contributed by atoms with Gasteiger partial charge in [-0.25, -0.2) is 0 Å². The first-order valence-electron chi connectivity index (χ1n) is 7.03. The highest BCUT2D eigenvalue weighted by Crippen LogP contribution is 2.33. The lowest BCUT2D eigenvalue weighted by atomic mass is 9.94. The van der Waals surface area contributed by atoms with E-state index in [9.17, 15) is 0 Å². The molecule has 17 heavy (non-hydrogen) atoms. The average molecular weight is 239 g/mol. The first-order chi connectivity index (χ1) is 8.23. The summed E-state index contributed by atoms with van der Waals surface area (Å²) in [5.74, 6) is 0. The van der Waals surface area contributed by atoms with Gasteiger partial charge in [-0.05, 0) is 39.8 Å².